The van der Waals surface area contributed by atoms with Crippen LogP contribution in [0.25, 0.3) is 10.2 Å². The van der Waals surface area contributed by atoms with Gasteiger partial charge in [-0.05, 0) is 49.0 Å². The molecule has 1 atom stereocenters. The van der Waals surface area contributed by atoms with Gasteiger partial charge in [-0.3, -0.25) is 4.98 Å². The van der Waals surface area contributed by atoms with Gasteiger partial charge in [-0.15, -0.1) is 11.3 Å². The number of nitrogens with one attached hydrogen (secondary N) is 1. The third-order valence-corrected chi connectivity index (χ3v) is 4.50. The van der Waals surface area contributed by atoms with Crippen LogP contribution in [0.3, 0.4) is 0 Å². The van der Waals surface area contributed by atoms with Crippen molar-refractivity contribution in [2.75, 3.05) is 6.54 Å². The molecule has 0 radical (unpaired) electrons. The maximum absolute atomic E-state index is 4.59. The van der Waals surface area contributed by atoms with Gasteiger partial charge in [-0.1, -0.05) is 36.2 Å². The van der Waals surface area contributed by atoms with Gasteiger partial charge in [0.2, 0.25) is 0 Å². The third-order valence-electron chi connectivity index (χ3n) is 3.64. The second-order valence-electron chi connectivity index (χ2n) is 5.48. The zero-order chi connectivity index (χ0) is 14.8. The van der Waals surface area contributed by atoms with E-state index < -0.39 is 0 Å². The molecule has 0 saturated carbocycles. The van der Waals surface area contributed by atoms with E-state index in [4.69, 9.17) is 0 Å². The summed E-state index contributed by atoms with van der Waals surface area (Å²) in [6.45, 7) is 7.38. The van der Waals surface area contributed by atoms with Crippen LogP contribution in [0.15, 0.2) is 41.9 Å². The molecule has 0 amide bonds. The average Bonchev–Trinajstić information content (AvgIpc) is 2.91. The number of aryl methyl sites for hydroxylation is 2. The minimum Gasteiger partial charge on any atom is -0.306 e. The summed E-state index contributed by atoms with van der Waals surface area (Å²) in [5.41, 5.74) is 6.24. The lowest BCUT2D eigenvalue weighted by molar-refractivity contribution is 0.629. The van der Waals surface area contributed by atoms with Gasteiger partial charge in [-0.25, -0.2) is 0 Å². The Labute approximate surface area is 129 Å². The molecule has 3 heteroatoms. The van der Waals surface area contributed by atoms with E-state index in [2.05, 4.69) is 66.8 Å². The Morgan fingerprint density at radius 3 is 2.57 bits per heavy atom. The summed E-state index contributed by atoms with van der Waals surface area (Å²) >= 11 is 1.75. The van der Waals surface area contributed by atoms with Gasteiger partial charge in [0, 0.05) is 6.20 Å². The highest BCUT2D eigenvalue weighted by Crippen LogP contribution is 2.27. The largest absolute Gasteiger partial charge is 0.306 e. The average molecular weight is 296 g/mol. The molecule has 0 aliphatic rings. The summed E-state index contributed by atoms with van der Waals surface area (Å²) in [5, 5.41) is 5.69. The van der Waals surface area contributed by atoms with Crippen molar-refractivity contribution in [3.05, 3.63) is 64.2 Å². The number of hydrogen-bond donors (Lipinski definition) is 1. The molecule has 0 bridgehead atoms. The number of pyridine rings is 1. The molecule has 0 aliphatic heterocycles. The second-order valence-corrected chi connectivity index (χ2v) is 6.43. The fraction of sp³-hybridized carbons (Fsp3) is 0.278. The first-order valence-electron chi connectivity index (χ1n) is 7.32. The topological polar surface area (TPSA) is 24.9 Å². The predicted molar refractivity (Wildman–Crippen MR) is 91.1 cm³/mol. The lowest BCUT2D eigenvalue weighted by atomic mass is 9.96. The van der Waals surface area contributed by atoms with E-state index in [-0.39, 0.29) is 6.04 Å². The maximum Gasteiger partial charge on any atom is 0.0809 e. The summed E-state index contributed by atoms with van der Waals surface area (Å²) in [6.07, 6.45) is 2.00. The van der Waals surface area contributed by atoms with Crippen molar-refractivity contribution in [2.45, 2.75) is 26.8 Å². The number of hydrogen-bond acceptors (Lipinski definition) is 3. The lowest BCUT2D eigenvalue weighted by Gasteiger charge is -2.20. The van der Waals surface area contributed by atoms with E-state index in [9.17, 15) is 0 Å². The van der Waals surface area contributed by atoms with Crippen LogP contribution in [0, 0.1) is 13.8 Å². The second kappa shape index (κ2) is 5.96. The van der Waals surface area contributed by atoms with Crippen molar-refractivity contribution >= 4 is 21.6 Å². The van der Waals surface area contributed by atoms with Crippen molar-refractivity contribution in [2.24, 2.45) is 0 Å². The van der Waals surface area contributed by atoms with Crippen LogP contribution in [0.5, 0.6) is 0 Å². The van der Waals surface area contributed by atoms with E-state index in [1.165, 1.54) is 27.0 Å². The van der Waals surface area contributed by atoms with Crippen LogP contribution >= 0.6 is 11.3 Å². The summed E-state index contributed by atoms with van der Waals surface area (Å²) in [6, 6.07) is 11.3. The van der Waals surface area contributed by atoms with Crippen LogP contribution in [-0.2, 0) is 0 Å². The Bertz CT molecular complexity index is 741. The number of benzene rings is 1. The van der Waals surface area contributed by atoms with Gasteiger partial charge in [0.15, 0.2) is 0 Å². The molecule has 2 nitrogen and oxygen atoms in total. The zero-order valence-corrected chi connectivity index (χ0v) is 13.5. The first-order chi connectivity index (χ1) is 10.2. The normalized spacial score (nSPS) is 12.7. The molecule has 0 aliphatic carbocycles. The monoisotopic (exact) mass is 296 g/mol. The van der Waals surface area contributed by atoms with E-state index in [0.29, 0.717) is 0 Å². The van der Waals surface area contributed by atoms with Crippen molar-refractivity contribution in [1.29, 1.82) is 0 Å². The molecule has 108 valence electrons. The van der Waals surface area contributed by atoms with Gasteiger partial charge >= 0.3 is 0 Å². The van der Waals surface area contributed by atoms with Gasteiger partial charge in [0.05, 0.1) is 16.3 Å². The molecule has 1 unspecified atom stereocenters. The highest BCUT2D eigenvalue weighted by atomic mass is 32.1. The quantitative estimate of drug-likeness (QED) is 0.760. The highest BCUT2D eigenvalue weighted by Gasteiger charge is 2.15. The number of nitrogens with zero attached hydrogens (tertiary/aromatic N) is 1. The molecule has 1 N–H and O–H groups in total. The Hall–Kier alpha value is -1.71. The maximum atomic E-state index is 4.59. The first kappa shape index (κ1) is 14.2. The Kier molecular flexibility index (Phi) is 4.04. The van der Waals surface area contributed by atoms with Gasteiger partial charge in [0.1, 0.15) is 0 Å². The van der Waals surface area contributed by atoms with Crippen LogP contribution < -0.4 is 5.32 Å². The Morgan fingerprint density at radius 1 is 1.10 bits per heavy atom. The summed E-state index contributed by atoms with van der Waals surface area (Å²) in [4.78, 5) is 4.59. The molecule has 2 aromatic heterocycles. The van der Waals surface area contributed by atoms with Crippen molar-refractivity contribution in [1.82, 2.24) is 10.3 Å². The minimum absolute atomic E-state index is 0.201. The summed E-state index contributed by atoms with van der Waals surface area (Å²) in [7, 11) is 0. The molecule has 0 fully saturated rings. The molecule has 3 rings (SSSR count). The molecular formula is C18H20N2S. The highest BCUT2D eigenvalue weighted by molar-refractivity contribution is 7.17. The zero-order valence-electron chi connectivity index (χ0n) is 12.7. The predicted octanol–water partition coefficient (Wildman–Crippen LogP) is 4.61. The van der Waals surface area contributed by atoms with Crippen molar-refractivity contribution in [3.8, 4) is 0 Å². The van der Waals surface area contributed by atoms with Crippen LogP contribution in [0.4, 0.5) is 0 Å². The molecule has 0 saturated heterocycles. The fourth-order valence-corrected chi connectivity index (χ4v) is 3.62. The van der Waals surface area contributed by atoms with Crippen LogP contribution in [-0.4, -0.2) is 11.5 Å². The van der Waals surface area contributed by atoms with E-state index in [1.54, 1.807) is 11.3 Å². The third kappa shape index (κ3) is 2.99. The van der Waals surface area contributed by atoms with Crippen molar-refractivity contribution in [3.63, 3.8) is 0 Å². The molecule has 1 aromatic carbocycles. The molecule has 2 heterocycles. The summed E-state index contributed by atoms with van der Waals surface area (Å²) < 4.78 is 1.25. The van der Waals surface area contributed by atoms with Crippen LogP contribution in [0.2, 0.25) is 0 Å². The molecule has 21 heavy (non-hydrogen) atoms. The van der Waals surface area contributed by atoms with Crippen molar-refractivity contribution < 1.29 is 0 Å². The van der Waals surface area contributed by atoms with Gasteiger partial charge in [0.25, 0.3) is 0 Å². The molecule has 3 aromatic rings. The fourth-order valence-electron chi connectivity index (χ4n) is 2.83. The Morgan fingerprint density at radius 2 is 1.86 bits per heavy atom. The standard InChI is InChI=1S/C18H20N2S/c1-4-19-18(14-8-12(2)7-13(3)9-14)15-10-17-16(20-11-15)5-6-21-17/h5-11,18-19H,4H2,1-3H3. The van der Waals surface area contributed by atoms with E-state index >= 15 is 0 Å². The van der Waals surface area contributed by atoms with Gasteiger partial charge in [-0.2, -0.15) is 0 Å². The van der Waals surface area contributed by atoms with E-state index in [0.717, 1.165) is 12.1 Å². The van der Waals surface area contributed by atoms with Gasteiger partial charge < -0.3 is 5.32 Å². The number of fused-ring (bicyclic) bond motifs is 1. The Balaban J connectivity index is 2.07. The smallest absolute Gasteiger partial charge is 0.0809 e. The van der Waals surface area contributed by atoms with Crippen LogP contribution in [0.1, 0.15) is 35.2 Å². The first-order valence-corrected chi connectivity index (χ1v) is 8.20. The summed E-state index contributed by atoms with van der Waals surface area (Å²) in [5.74, 6) is 0. The number of thiophene rings is 1. The number of rotatable bonds is 4. The lowest BCUT2D eigenvalue weighted by Crippen LogP contribution is -2.22. The minimum atomic E-state index is 0.201. The van der Waals surface area contributed by atoms with E-state index in [1.807, 2.05) is 6.20 Å². The SMILES string of the molecule is CCNC(c1cc(C)cc(C)c1)c1cnc2ccsc2c1. The molecular weight excluding hydrogens is 276 g/mol. The number of aromatic nitrogens is 1. The molecule has 0 spiro atoms.